The summed E-state index contributed by atoms with van der Waals surface area (Å²) < 4.78 is 38.7. The minimum Gasteiger partial charge on any atom is -0.478 e. The van der Waals surface area contributed by atoms with Gasteiger partial charge in [-0.1, -0.05) is 18.2 Å². The Morgan fingerprint density at radius 1 is 1.07 bits per heavy atom. The molecule has 5 rings (SSSR count). The number of aromatic carboxylic acids is 1. The lowest BCUT2D eigenvalue weighted by Crippen LogP contribution is -2.47. The number of fused-ring (bicyclic) bond motifs is 1. The largest absolute Gasteiger partial charge is 0.478 e. The predicted molar refractivity (Wildman–Crippen MR) is 148 cm³/mol. The average Bonchev–Trinajstić information content (AvgIpc) is 2.96. The van der Waals surface area contributed by atoms with Crippen LogP contribution >= 0.6 is 0 Å². The van der Waals surface area contributed by atoms with Crippen LogP contribution < -0.4 is 15.1 Å². The number of halogens is 3. The number of nitrogens with zero attached hydrogens (tertiary/aromatic N) is 6. The molecule has 0 radical (unpaired) electrons. The zero-order valence-electron chi connectivity index (χ0n) is 22.3. The minimum absolute atomic E-state index is 0.148. The van der Waals surface area contributed by atoms with E-state index in [1.165, 1.54) is 12.1 Å². The first-order chi connectivity index (χ1) is 19.5. The third-order valence-corrected chi connectivity index (χ3v) is 7.01. The Hall–Kier alpha value is -4.92. The number of pyridine rings is 1. The van der Waals surface area contributed by atoms with Crippen LogP contribution in [-0.2, 0) is 6.18 Å². The fourth-order valence-corrected chi connectivity index (χ4v) is 4.94. The van der Waals surface area contributed by atoms with E-state index in [4.69, 9.17) is 4.98 Å². The number of nitriles is 1. The molecule has 0 bridgehead atoms. The first-order valence-electron chi connectivity index (χ1n) is 12.9. The molecule has 1 aliphatic heterocycles. The van der Waals surface area contributed by atoms with Gasteiger partial charge in [-0.25, -0.2) is 19.7 Å². The fraction of sp³-hybridized carbons (Fsp3) is 0.276. The number of benzene rings is 2. The van der Waals surface area contributed by atoms with Gasteiger partial charge in [-0.2, -0.15) is 18.4 Å². The average molecular weight is 562 g/mol. The molecule has 1 aliphatic rings. The molecule has 2 N–H and O–H groups in total. The second kappa shape index (κ2) is 10.9. The summed E-state index contributed by atoms with van der Waals surface area (Å²) in [6.07, 6.45) is -3.62. The third kappa shape index (κ3) is 5.70. The molecule has 0 unspecified atom stereocenters. The number of aromatic nitrogens is 3. The number of alkyl halides is 3. The van der Waals surface area contributed by atoms with Crippen molar-refractivity contribution in [3.05, 3.63) is 82.7 Å². The summed E-state index contributed by atoms with van der Waals surface area (Å²) in [5.74, 6) is -0.175. The number of hydrogen-bond acceptors (Lipinski definition) is 8. The molecule has 0 amide bonds. The van der Waals surface area contributed by atoms with E-state index >= 15 is 0 Å². The summed E-state index contributed by atoms with van der Waals surface area (Å²) in [7, 11) is 0. The Balaban J connectivity index is 1.43. The predicted octanol–water partition coefficient (Wildman–Crippen LogP) is 5.42. The van der Waals surface area contributed by atoms with Crippen molar-refractivity contribution in [3.8, 4) is 6.07 Å². The molecule has 1 atom stereocenters. The van der Waals surface area contributed by atoms with Crippen molar-refractivity contribution < 1.29 is 23.1 Å². The first kappa shape index (κ1) is 27.6. The highest BCUT2D eigenvalue weighted by atomic mass is 19.4. The van der Waals surface area contributed by atoms with Gasteiger partial charge in [0.15, 0.2) is 11.5 Å². The SMILES string of the molecule is Cc1cc([C@@H](C)Nc2ccccc2C(=O)O)c2nc(N3CCN(c4ccc(C(F)(F)F)cn4)CC3)c(C#N)nc2c1. The van der Waals surface area contributed by atoms with Crippen LogP contribution in [0.4, 0.5) is 30.5 Å². The number of carboxylic acids is 1. The molecule has 3 heterocycles. The van der Waals surface area contributed by atoms with Crippen molar-refractivity contribution in [2.45, 2.75) is 26.1 Å². The van der Waals surface area contributed by atoms with Crippen molar-refractivity contribution in [2.24, 2.45) is 0 Å². The third-order valence-electron chi connectivity index (χ3n) is 7.01. The Labute approximate surface area is 233 Å². The minimum atomic E-state index is -4.45. The van der Waals surface area contributed by atoms with E-state index in [2.05, 4.69) is 21.4 Å². The lowest BCUT2D eigenvalue weighted by Gasteiger charge is -2.36. The second-order valence-electron chi connectivity index (χ2n) is 9.82. The Bertz CT molecular complexity index is 1640. The second-order valence-corrected chi connectivity index (χ2v) is 9.82. The Kier molecular flexibility index (Phi) is 7.36. The lowest BCUT2D eigenvalue weighted by atomic mass is 10.0. The first-order valence-corrected chi connectivity index (χ1v) is 12.9. The molecule has 0 aliphatic carbocycles. The van der Waals surface area contributed by atoms with Gasteiger partial charge in [0.05, 0.1) is 28.2 Å². The number of carboxylic acid groups (broad SMARTS) is 1. The van der Waals surface area contributed by atoms with E-state index in [0.717, 1.165) is 23.4 Å². The molecule has 4 aromatic rings. The Morgan fingerprint density at radius 2 is 1.78 bits per heavy atom. The highest BCUT2D eigenvalue weighted by molar-refractivity contribution is 5.94. The molecule has 2 aromatic heterocycles. The number of para-hydroxylation sites is 1. The van der Waals surface area contributed by atoms with Gasteiger partial charge in [0.1, 0.15) is 11.9 Å². The molecule has 41 heavy (non-hydrogen) atoms. The highest BCUT2D eigenvalue weighted by Gasteiger charge is 2.31. The summed E-state index contributed by atoms with van der Waals surface area (Å²) in [6, 6.07) is 14.7. The van der Waals surface area contributed by atoms with Crippen LogP contribution in [0.5, 0.6) is 0 Å². The topological polar surface area (TPSA) is 118 Å². The van der Waals surface area contributed by atoms with Crippen LogP contribution in [0, 0.1) is 18.3 Å². The van der Waals surface area contributed by atoms with Gasteiger partial charge < -0.3 is 20.2 Å². The van der Waals surface area contributed by atoms with E-state index in [0.29, 0.717) is 54.5 Å². The van der Waals surface area contributed by atoms with Crippen molar-refractivity contribution in [3.63, 3.8) is 0 Å². The van der Waals surface area contributed by atoms with Crippen molar-refractivity contribution in [2.75, 3.05) is 41.3 Å². The number of anilines is 3. The van der Waals surface area contributed by atoms with Gasteiger partial charge in [0.25, 0.3) is 0 Å². The molecule has 0 saturated carbocycles. The van der Waals surface area contributed by atoms with Crippen LogP contribution in [-0.4, -0.2) is 52.2 Å². The summed E-state index contributed by atoms with van der Waals surface area (Å²) in [6.45, 7) is 5.66. The molecule has 1 saturated heterocycles. The molecular weight excluding hydrogens is 535 g/mol. The van der Waals surface area contributed by atoms with Crippen molar-refractivity contribution in [1.82, 2.24) is 15.0 Å². The van der Waals surface area contributed by atoms with Crippen LogP contribution in [0.2, 0.25) is 0 Å². The summed E-state index contributed by atoms with van der Waals surface area (Å²) in [4.78, 5) is 29.0. The van der Waals surface area contributed by atoms with Crippen LogP contribution in [0.1, 0.15) is 45.7 Å². The van der Waals surface area contributed by atoms with Crippen LogP contribution in [0.15, 0.2) is 54.7 Å². The van der Waals surface area contributed by atoms with Gasteiger partial charge in [0.2, 0.25) is 0 Å². The number of piperazine rings is 1. The van der Waals surface area contributed by atoms with Gasteiger partial charge in [0, 0.05) is 43.6 Å². The number of nitrogens with one attached hydrogen (secondary N) is 1. The molecule has 2 aromatic carbocycles. The quantitative estimate of drug-likeness (QED) is 0.318. The van der Waals surface area contributed by atoms with Crippen LogP contribution in [0.3, 0.4) is 0 Å². The summed E-state index contributed by atoms with van der Waals surface area (Å²) >= 11 is 0. The summed E-state index contributed by atoms with van der Waals surface area (Å²) in [5, 5.41) is 22.8. The van der Waals surface area contributed by atoms with Gasteiger partial charge >= 0.3 is 12.1 Å². The number of carbonyl (C=O) groups is 1. The highest BCUT2D eigenvalue weighted by Crippen LogP contribution is 2.32. The molecule has 0 spiro atoms. The van der Waals surface area contributed by atoms with E-state index in [1.807, 2.05) is 35.8 Å². The smallest absolute Gasteiger partial charge is 0.417 e. The number of hydrogen-bond donors (Lipinski definition) is 2. The maximum Gasteiger partial charge on any atom is 0.417 e. The van der Waals surface area contributed by atoms with E-state index in [1.54, 1.807) is 18.2 Å². The standard InChI is InChI=1S/C29H26F3N7O2/c1-17-13-21(18(2)35-22-6-4-3-5-20(22)28(40)41)26-23(14-17)36-24(15-33)27(37-26)39-11-9-38(10-12-39)25-8-7-19(16-34-25)29(30,31)32/h3-8,13-14,16,18,35H,9-12H2,1-2H3,(H,40,41)/t18-/m1/s1. The molecule has 12 heteroatoms. The van der Waals surface area contributed by atoms with Gasteiger partial charge in [-0.3, -0.25) is 0 Å². The zero-order chi connectivity index (χ0) is 29.3. The molecular formula is C29H26F3N7O2. The number of rotatable bonds is 6. The fourth-order valence-electron chi connectivity index (χ4n) is 4.94. The molecule has 1 fully saturated rings. The molecule has 210 valence electrons. The van der Waals surface area contributed by atoms with E-state index < -0.39 is 17.7 Å². The van der Waals surface area contributed by atoms with E-state index in [-0.39, 0.29) is 17.3 Å². The van der Waals surface area contributed by atoms with E-state index in [9.17, 15) is 28.3 Å². The lowest BCUT2D eigenvalue weighted by molar-refractivity contribution is -0.137. The maximum atomic E-state index is 12.9. The van der Waals surface area contributed by atoms with Gasteiger partial charge in [-0.15, -0.1) is 0 Å². The zero-order valence-corrected chi connectivity index (χ0v) is 22.3. The van der Waals surface area contributed by atoms with Gasteiger partial charge in [-0.05, 0) is 49.7 Å². The Morgan fingerprint density at radius 3 is 2.41 bits per heavy atom. The van der Waals surface area contributed by atoms with Crippen molar-refractivity contribution >= 4 is 34.3 Å². The normalized spacial score (nSPS) is 14.5. The van der Waals surface area contributed by atoms with Crippen LogP contribution in [0.25, 0.3) is 11.0 Å². The molecule has 9 nitrogen and oxygen atoms in total. The summed E-state index contributed by atoms with van der Waals surface area (Å²) in [5.41, 5.74) is 2.84. The van der Waals surface area contributed by atoms with Crippen molar-refractivity contribution in [1.29, 1.82) is 5.26 Å². The monoisotopic (exact) mass is 561 g/mol. The number of aryl methyl sites for hydroxylation is 1. The maximum absolute atomic E-state index is 12.9.